The number of nitrogens with zero attached hydrogens (tertiary/aromatic N) is 1. The highest BCUT2D eigenvalue weighted by Gasteiger charge is 2.14. The van der Waals surface area contributed by atoms with Crippen molar-refractivity contribution < 1.29 is 14.0 Å². The van der Waals surface area contributed by atoms with E-state index in [0.717, 1.165) is 10.8 Å². The molecule has 0 atom stereocenters. The minimum atomic E-state index is -0.593. The largest absolute Gasteiger partial charge is 0.428 e. The molecule has 1 heterocycles. The summed E-state index contributed by atoms with van der Waals surface area (Å²) in [5.74, 6) is -0.972. The molecule has 0 bridgehead atoms. The van der Waals surface area contributed by atoms with Gasteiger partial charge in [-0.1, -0.05) is 32.0 Å². The van der Waals surface area contributed by atoms with Gasteiger partial charge in [0.2, 0.25) is 0 Å². The van der Waals surface area contributed by atoms with Crippen LogP contribution in [0.15, 0.2) is 41.3 Å². The maximum Gasteiger partial charge on any atom is 0.192 e. The Hall–Kier alpha value is -2.69. The smallest absolute Gasteiger partial charge is 0.192 e. The van der Waals surface area contributed by atoms with Crippen LogP contribution in [0.3, 0.4) is 0 Å². The highest BCUT2D eigenvalue weighted by molar-refractivity contribution is 5.80. The lowest BCUT2D eigenvalue weighted by molar-refractivity contribution is 0.197. The number of fused-ring (bicyclic) bond motifs is 1. The molecular formula is C20H21F2NO2. The monoisotopic (exact) mass is 345 g/mol. The first-order chi connectivity index (χ1) is 11.9. The number of benzene rings is 2. The molecule has 2 aromatic carbocycles. The van der Waals surface area contributed by atoms with E-state index in [1.54, 1.807) is 32.0 Å². The Balaban J connectivity index is 0.00000109. The molecule has 0 fully saturated rings. The van der Waals surface area contributed by atoms with Crippen molar-refractivity contribution in [3.05, 3.63) is 80.6 Å². The number of halogens is 2. The van der Waals surface area contributed by atoms with Crippen LogP contribution in [0.4, 0.5) is 8.78 Å². The van der Waals surface area contributed by atoms with Crippen molar-refractivity contribution in [1.29, 1.82) is 0 Å². The van der Waals surface area contributed by atoms with Crippen LogP contribution in [0.25, 0.3) is 10.9 Å². The van der Waals surface area contributed by atoms with Crippen molar-refractivity contribution in [2.24, 2.45) is 0 Å². The normalized spacial score (nSPS) is 10.5. The van der Waals surface area contributed by atoms with Crippen LogP contribution in [-0.2, 0) is 6.42 Å². The number of pyridine rings is 1. The Morgan fingerprint density at radius 3 is 2.40 bits per heavy atom. The summed E-state index contributed by atoms with van der Waals surface area (Å²) in [5.41, 5.74) is 1.21. The number of hydrogen-bond acceptors (Lipinski definition) is 2. The SMILES string of the molecule is CC.Cc1cccc(Cc2cc3c(=O)c(C)cn(O)c3cc2F)c1F. The molecule has 0 spiro atoms. The Bertz CT molecular complexity index is 978. The zero-order valence-electron chi connectivity index (χ0n) is 14.7. The molecular weight excluding hydrogens is 324 g/mol. The van der Waals surface area contributed by atoms with Crippen LogP contribution in [0.1, 0.15) is 36.1 Å². The Morgan fingerprint density at radius 2 is 1.72 bits per heavy atom. The van der Waals surface area contributed by atoms with E-state index in [9.17, 15) is 18.8 Å². The van der Waals surface area contributed by atoms with Gasteiger partial charge in [0.1, 0.15) is 11.6 Å². The van der Waals surface area contributed by atoms with Crippen molar-refractivity contribution in [3.63, 3.8) is 0 Å². The van der Waals surface area contributed by atoms with Gasteiger partial charge in [0, 0.05) is 23.4 Å². The lowest BCUT2D eigenvalue weighted by Crippen LogP contribution is -2.12. The van der Waals surface area contributed by atoms with Crippen molar-refractivity contribution >= 4 is 10.9 Å². The second-order valence-corrected chi connectivity index (χ2v) is 5.67. The number of aromatic nitrogens is 1. The topological polar surface area (TPSA) is 42.2 Å². The van der Waals surface area contributed by atoms with Gasteiger partial charge in [-0.3, -0.25) is 4.79 Å². The van der Waals surface area contributed by atoms with E-state index in [0.29, 0.717) is 16.7 Å². The van der Waals surface area contributed by atoms with Crippen molar-refractivity contribution in [1.82, 2.24) is 4.73 Å². The quantitative estimate of drug-likeness (QED) is 0.681. The lowest BCUT2D eigenvalue weighted by atomic mass is 10.00. The van der Waals surface area contributed by atoms with Crippen molar-refractivity contribution in [2.75, 3.05) is 0 Å². The molecule has 0 saturated heterocycles. The van der Waals surface area contributed by atoms with Gasteiger partial charge in [-0.15, -0.1) is 0 Å². The van der Waals surface area contributed by atoms with Crippen LogP contribution in [0.5, 0.6) is 0 Å². The molecule has 132 valence electrons. The first-order valence-electron chi connectivity index (χ1n) is 8.16. The lowest BCUT2D eigenvalue weighted by Gasteiger charge is -2.10. The molecule has 3 aromatic rings. The van der Waals surface area contributed by atoms with E-state index in [4.69, 9.17) is 0 Å². The molecule has 0 aliphatic rings. The Labute approximate surface area is 145 Å². The molecule has 0 radical (unpaired) electrons. The minimum absolute atomic E-state index is 0.0358. The molecule has 1 N–H and O–H groups in total. The summed E-state index contributed by atoms with van der Waals surface area (Å²) in [6, 6.07) is 7.42. The Morgan fingerprint density at radius 1 is 1.04 bits per heavy atom. The molecule has 1 aromatic heterocycles. The van der Waals surface area contributed by atoms with E-state index in [1.807, 2.05) is 13.8 Å². The van der Waals surface area contributed by atoms with Gasteiger partial charge in [-0.25, -0.2) is 8.78 Å². The van der Waals surface area contributed by atoms with Crippen LogP contribution in [-0.4, -0.2) is 9.94 Å². The van der Waals surface area contributed by atoms with Gasteiger partial charge in [0.05, 0.1) is 11.7 Å². The van der Waals surface area contributed by atoms with Gasteiger partial charge in [0.15, 0.2) is 5.43 Å². The summed E-state index contributed by atoms with van der Waals surface area (Å²) in [5, 5.41) is 10.0. The fourth-order valence-electron chi connectivity index (χ4n) is 2.69. The van der Waals surface area contributed by atoms with E-state index < -0.39 is 5.82 Å². The predicted molar refractivity (Wildman–Crippen MR) is 95.4 cm³/mol. The average Bonchev–Trinajstić information content (AvgIpc) is 2.60. The second kappa shape index (κ2) is 7.47. The van der Waals surface area contributed by atoms with Gasteiger partial charge in [0.25, 0.3) is 0 Å². The summed E-state index contributed by atoms with van der Waals surface area (Å²) in [4.78, 5) is 12.2. The van der Waals surface area contributed by atoms with E-state index >= 15 is 0 Å². The highest BCUT2D eigenvalue weighted by Crippen LogP contribution is 2.22. The third-order valence-corrected chi connectivity index (χ3v) is 3.98. The van der Waals surface area contributed by atoms with Crippen LogP contribution >= 0.6 is 0 Å². The maximum absolute atomic E-state index is 14.3. The minimum Gasteiger partial charge on any atom is -0.428 e. The van der Waals surface area contributed by atoms with Crippen molar-refractivity contribution in [3.8, 4) is 0 Å². The van der Waals surface area contributed by atoms with Crippen molar-refractivity contribution in [2.45, 2.75) is 34.1 Å². The molecule has 0 unspecified atom stereocenters. The van der Waals surface area contributed by atoms with Crippen LogP contribution < -0.4 is 5.43 Å². The average molecular weight is 345 g/mol. The van der Waals surface area contributed by atoms with Gasteiger partial charge in [-0.05, 0) is 36.6 Å². The van der Waals surface area contributed by atoms with Crippen LogP contribution in [0, 0.1) is 25.5 Å². The molecule has 0 aliphatic carbocycles. The zero-order valence-corrected chi connectivity index (χ0v) is 14.7. The number of hydrogen-bond donors (Lipinski definition) is 1. The van der Waals surface area contributed by atoms with Gasteiger partial charge < -0.3 is 5.21 Å². The number of rotatable bonds is 2. The molecule has 5 heteroatoms. The molecule has 0 amide bonds. The van der Waals surface area contributed by atoms with Gasteiger partial charge >= 0.3 is 0 Å². The molecule has 0 aliphatic heterocycles. The Kier molecular flexibility index (Phi) is 5.57. The van der Waals surface area contributed by atoms with E-state index in [2.05, 4.69) is 0 Å². The summed E-state index contributed by atoms with van der Waals surface area (Å²) in [6.07, 6.45) is 1.28. The third kappa shape index (κ3) is 3.55. The zero-order chi connectivity index (χ0) is 18.7. The third-order valence-electron chi connectivity index (χ3n) is 3.98. The first-order valence-corrected chi connectivity index (χ1v) is 8.16. The van der Waals surface area contributed by atoms with E-state index in [-0.39, 0.29) is 34.1 Å². The maximum atomic E-state index is 14.3. The second-order valence-electron chi connectivity index (χ2n) is 5.67. The molecule has 0 saturated carbocycles. The highest BCUT2D eigenvalue weighted by atomic mass is 19.1. The summed E-state index contributed by atoms with van der Waals surface area (Å²) in [6.45, 7) is 7.21. The summed E-state index contributed by atoms with van der Waals surface area (Å²) >= 11 is 0. The predicted octanol–water partition coefficient (Wildman–Crippen LogP) is 4.75. The van der Waals surface area contributed by atoms with Crippen LogP contribution in [0.2, 0.25) is 0 Å². The standard InChI is InChI=1S/C18H15F2NO2.C2H6/c1-10-4-3-5-12(17(10)20)6-13-7-14-16(8-15(13)19)21(23)9-11(2)18(14)22;1-2/h3-5,7-9,23H,6H2,1-2H3;1-2H3. The molecule has 3 rings (SSSR count). The number of aryl methyl sites for hydroxylation is 2. The molecule has 3 nitrogen and oxygen atoms in total. The van der Waals surface area contributed by atoms with Gasteiger partial charge in [-0.2, -0.15) is 4.73 Å². The fourth-order valence-corrected chi connectivity index (χ4v) is 2.69. The summed E-state index contributed by atoms with van der Waals surface area (Å²) < 4.78 is 29.1. The first kappa shape index (κ1) is 18.6. The van der Waals surface area contributed by atoms with E-state index in [1.165, 1.54) is 12.3 Å². The fraction of sp³-hybridized carbons (Fsp3) is 0.250. The molecule has 25 heavy (non-hydrogen) atoms. The summed E-state index contributed by atoms with van der Waals surface area (Å²) in [7, 11) is 0.